The molecule has 0 unspecified atom stereocenters. The van der Waals surface area contributed by atoms with Crippen molar-refractivity contribution in [2.45, 2.75) is 65.2 Å². The fourth-order valence-electron chi connectivity index (χ4n) is 4.52. The number of Topliss-reactive ketones (excluding diaryl/α,β-unsaturated/α-hetero) is 1. The van der Waals surface area contributed by atoms with Crippen molar-refractivity contribution < 1.29 is 37.1 Å². The third-order valence-corrected chi connectivity index (χ3v) is 6.16. The van der Waals surface area contributed by atoms with Crippen molar-refractivity contribution in [3.63, 3.8) is 0 Å². The molecule has 1 aromatic heterocycles. The molecule has 1 saturated carbocycles. The van der Waals surface area contributed by atoms with Crippen molar-refractivity contribution in [3.8, 4) is 0 Å². The van der Waals surface area contributed by atoms with E-state index >= 15 is 0 Å². The molecule has 2 fully saturated rings. The molecule has 3 atom stereocenters. The van der Waals surface area contributed by atoms with Gasteiger partial charge < -0.3 is 9.30 Å². The lowest BCUT2D eigenvalue weighted by Crippen LogP contribution is -2.44. The minimum absolute atomic E-state index is 0.0292. The van der Waals surface area contributed by atoms with E-state index in [1.807, 2.05) is 0 Å². The van der Waals surface area contributed by atoms with Gasteiger partial charge in [-0.1, -0.05) is 12.8 Å². The number of ether oxygens (including phenoxy) is 1. The zero-order valence-electron chi connectivity index (χ0n) is 17.6. The van der Waals surface area contributed by atoms with Gasteiger partial charge in [-0.25, -0.2) is 4.79 Å². The number of carbonyl (C=O) groups is 4. The lowest BCUT2D eigenvalue weighted by molar-refractivity contribution is -0.157. The van der Waals surface area contributed by atoms with Gasteiger partial charge in [0.25, 0.3) is 0 Å². The van der Waals surface area contributed by atoms with Crippen LogP contribution < -0.4 is 0 Å². The molecule has 10 heteroatoms. The molecule has 2 aliphatic rings. The predicted molar refractivity (Wildman–Crippen MR) is 102 cm³/mol. The number of ketones is 1. The molecule has 0 aromatic carbocycles. The van der Waals surface area contributed by atoms with Crippen LogP contribution in [0.1, 0.15) is 54.4 Å². The largest absolute Gasteiger partial charge is 0.456 e. The van der Waals surface area contributed by atoms with Crippen LogP contribution in [-0.2, 0) is 25.7 Å². The lowest BCUT2D eigenvalue weighted by atomic mass is 9.81. The zero-order chi connectivity index (χ0) is 23.1. The van der Waals surface area contributed by atoms with Gasteiger partial charge in [0.05, 0.1) is 11.8 Å². The Morgan fingerprint density at radius 1 is 1.13 bits per heavy atom. The van der Waals surface area contributed by atoms with Gasteiger partial charge in [0.1, 0.15) is 12.6 Å². The molecule has 0 spiro atoms. The highest BCUT2D eigenvalue weighted by atomic mass is 19.4. The van der Waals surface area contributed by atoms with Crippen LogP contribution in [0.5, 0.6) is 0 Å². The van der Waals surface area contributed by atoms with Crippen LogP contribution in [0.2, 0.25) is 0 Å². The molecule has 0 bridgehead atoms. The summed E-state index contributed by atoms with van der Waals surface area (Å²) in [4.78, 5) is 51.0. The number of fused-ring (bicyclic) bond motifs is 1. The van der Waals surface area contributed by atoms with Gasteiger partial charge in [-0.15, -0.1) is 0 Å². The number of esters is 1. The maximum Gasteiger partial charge on any atom is 0.406 e. The van der Waals surface area contributed by atoms with E-state index in [0.29, 0.717) is 12.8 Å². The summed E-state index contributed by atoms with van der Waals surface area (Å²) in [6.07, 6.45) is -1.51. The zero-order valence-corrected chi connectivity index (χ0v) is 17.6. The summed E-state index contributed by atoms with van der Waals surface area (Å²) in [6, 6.07) is 0.148. The topological polar surface area (TPSA) is 85.7 Å². The van der Waals surface area contributed by atoms with Crippen LogP contribution in [0.3, 0.4) is 0 Å². The van der Waals surface area contributed by atoms with Gasteiger partial charge in [0.15, 0.2) is 6.61 Å². The number of nitrogens with zero attached hydrogens (tertiary/aromatic N) is 2. The molecule has 0 radical (unpaired) electrons. The summed E-state index contributed by atoms with van der Waals surface area (Å²) >= 11 is 0. The average Bonchev–Trinajstić information content (AvgIpc) is 3.12. The number of carbonyl (C=O) groups excluding carboxylic acids is 4. The van der Waals surface area contributed by atoms with E-state index < -0.39 is 49.0 Å². The minimum Gasteiger partial charge on any atom is -0.456 e. The minimum atomic E-state index is -4.44. The number of imide groups is 1. The molecule has 2 amide bonds. The summed E-state index contributed by atoms with van der Waals surface area (Å²) < 4.78 is 44.2. The van der Waals surface area contributed by atoms with E-state index in [4.69, 9.17) is 4.74 Å². The Kier molecular flexibility index (Phi) is 6.29. The van der Waals surface area contributed by atoms with Gasteiger partial charge in [0, 0.05) is 17.0 Å². The fraction of sp³-hybridized carbons (Fsp3) is 0.619. The second kappa shape index (κ2) is 8.47. The van der Waals surface area contributed by atoms with E-state index in [-0.39, 0.29) is 28.8 Å². The average molecular weight is 442 g/mol. The van der Waals surface area contributed by atoms with Crippen LogP contribution in [0.4, 0.5) is 13.2 Å². The Hall–Kier alpha value is -2.65. The molecular formula is C21H25F3N2O5. The van der Waals surface area contributed by atoms with Crippen LogP contribution in [0.15, 0.2) is 6.07 Å². The fourth-order valence-corrected chi connectivity index (χ4v) is 4.52. The Balaban J connectivity index is 1.64. The highest BCUT2D eigenvalue weighted by molar-refractivity contribution is 6.08. The van der Waals surface area contributed by atoms with E-state index in [1.54, 1.807) is 0 Å². The summed E-state index contributed by atoms with van der Waals surface area (Å²) in [5.41, 5.74) is 0.410. The van der Waals surface area contributed by atoms with Crippen molar-refractivity contribution >= 4 is 23.6 Å². The normalized spacial score (nSPS) is 22.5. The van der Waals surface area contributed by atoms with Crippen LogP contribution >= 0.6 is 0 Å². The van der Waals surface area contributed by atoms with Crippen molar-refractivity contribution in [2.24, 2.45) is 11.8 Å². The van der Waals surface area contributed by atoms with E-state index in [2.05, 4.69) is 0 Å². The number of likely N-dealkylation sites (tertiary alicyclic amines) is 1. The molecule has 170 valence electrons. The molecular weight excluding hydrogens is 417 g/mol. The Bertz CT molecular complexity index is 897. The molecule has 7 nitrogen and oxygen atoms in total. The third-order valence-electron chi connectivity index (χ3n) is 6.16. The monoisotopic (exact) mass is 442 g/mol. The standard InChI is InChI=1S/C21H25F3N2O5/c1-11-8-16(12(2)25(11)10-21(22,23)24)17(27)9-31-20(30)13(3)26-18(28)14-6-4-5-7-15(14)19(26)29/h8,13-15H,4-7,9-10H2,1-3H3/t13-,14-,15+/m0/s1. The van der Waals surface area contributed by atoms with Crippen molar-refractivity contribution in [1.82, 2.24) is 9.47 Å². The Morgan fingerprint density at radius 3 is 2.19 bits per heavy atom. The second-order valence-electron chi connectivity index (χ2n) is 8.24. The second-order valence-corrected chi connectivity index (χ2v) is 8.24. The van der Waals surface area contributed by atoms with Gasteiger partial charge in [0.2, 0.25) is 17.6 Å². The van der Waals surface area contributed by atoms with Crippen molar-refractivity contribution in [1.29, 1.82) is 0 Å². The first kappa shape index (κ1) is 23.0. The molecule has 1 aromatic rings. The smallest absolute Gasteiger partial charge is 0.406 e. The number of hydrogen-bond donors (Lipinski definition) is 0. The highest BCUT2D eigenvalue weighted by Crippen LogP contribution is 2.39. The summed E-state index contributed by atoms with van der Waals surface area (Å²) in [7, 11) is 0. The van der Waals surface area contributed by atoms with E-state index in [0.717, 1.165) is 22.3 Å². The van der Waals surface area contributed by atoms with Gasteiger partial charge in [-0.3, -0.25) is 19.3 Å². The van der Waals surface area contributed by atoms with Gasteiger partial charge in [-0.2, -0.15) is 13.2 Å². The molecule has 3 rings (SSSR count). The van der Waals surface area contributed by atoms with Gasteiger partial charge in [-0.05, 0) is 39.7 Å². The first-order chi connectivity index (χ1) is 14.4. The third kappa shape index (κ3) is 4.52. The quantitative estimate of drug-likeness (QED) is 0.384. The Labute approximate surface area is 177 Å². The van der Waals surface area contributed by atoms with Gasteiger partial charge >= 0.3 is 12.1 Å². The number of hydrogen-bond acceptors (Lipinski definition) is 5. The predicted octanol–water partition coefficient (Wildman–Crippen LogP) is 2.96. The molecule has 2 heterocycles. The van der Waals surface area contributed by atoms with Crippen LogP contribution in [0.25, 0.3) is 0 Å². The molecule has 0 N–H and O–H groups in total. The summed E-state index contributed by atoms with van der Waals surface area (Å²) in [5, 5.41) is 0. The number of aromatic nitrogens is 1. The van der Waals surface area contributed by atoms with Crippen molar-refractivity contribution in [3.05, 3.63) is 23.0 Å². The summed E-state index contributed by atoms with van der Waals surface area (Å²) in [5.74, 6) is -3.15. The molecule has 1 saturated heterocycles. The van der Waals surface area contributed by atoms with Crippen molar-refractivity contribution in [2.75, 3.05) is 6.61 Å². The maximum absolute atomic E-state index is 12.7. The maximum atomic E-state index is 12.7. The first-order valence-corrected chi connectivity index (χ1v) is 10.2. The number of rotatable bonds is 6. The van der Waals surface area contributed by atoms with Crippen LogP contribution in [-0.4, -0.2) is 51.9 Å². The van der Waals surface area contributed by atoms with Crippen LogP contribution in [0, 0.1) is 25.7 Å². The number of aryl methyl sites for hydroxylation is 1. The highest BCUT2D eigenvalue weighted by Gasteiger charge is 2.51. The molecule has 1 aliphatic carbocycles. The summed E-state index contributed by atoms with van der Waals surface area (Å²) in [6.45, 7) is 2.29. The lowest BCUT2D eigenvalue weighted by Gasteiger charge is -2.21. The Morgan fingerprint density at radius 2 is 1.68 bits per heavy atom. The number of halogens is 3. The first-order valence-electron chi connectivity index (χ1n) is 10.2. The van der Waals surface area contributed by atoms with E-state index in [9.17, 15) is 32.3 Å². The molecule has 31 heavy (non-hydrogen) atoms. The molecule has 1 aliphatic heterocycles. The van der Waals surface area contributed by atoms with E-state index in [1.165, 1.54) is 26.8 Å². The number of alkyl halides is 3. The number of amides is 2. The SMILES string of the molecule is Cc1cc(C(=O)COC(=O)[C@H](C)N2C(=O)[C@H]3CCCC[C@H]3C2=O)c(C)n1CC(F)(F)F.